The van der Waals surface area contributed by atoms with Crippen LogP contribution in [-0.2, 0) is 38.0 Å². The maximum Gasteiger partial charge on any atom is 0.306 e. The summed E-state index contributed by atoms with van der Waals surface area (Å²) in [5, 5.41) is 71.7. The fourth-order valence-electron chi connectivity index (χ4n) is 6.65. The molecule has 338 valence electrons. The third-order valence-electron chi connectivity index (χ3n) is 10.4. The van der Waals surface area contributed by atoms with E-state index in [9.17, 15) is 45.3 Å². The van der Waals surface area contributed by atoms with Gasteiger partial charge in [0, 0.05) is 12.8 Å². The van der Waals surface area contributed by atoms with Crippen molar-refractivity contribution in [1.82, 2.24) is 0 Å². The van der Waals surface area contributed by atoms with E-state index in [0.29, 0.717) is 12.8 Å². The van der Waals surface area contributed by atoms with Crippen LogP contribution in [0.15, 0.2) is 24.3 Å². The molecule has 7 N–H and O–H groups in total. The predicted molar refractivity (Wildman–Crippen MR) is 215 cm³/mol. The number of allylic oxidation sites excluding steroid dienone is 4. The first-order valence-corrected chi connectivity index (χ1v) is 21.9. The van der Waals surface area contributed by atoms with Crippen molar-refractivity contribution >= 4 is 11.9 Å². The number of aliphatic hydroxyl groups excluding tert-OH is 7. The minimum atomic E-state index is -1.76. The van der Waals surface area contributed by atoms with E-state index in [1.165, 1.54) is 25.7 Å². The molecule has 0 spiro atoms. The van der Waals surface area contributed by atoms with E-state index >= 15 is 0 Å². The second-order valence-electron chi connectivity index (χ2n) is 15.5. The second kappa shape index (κ2) is 31.8. The maximum absolute atomic E-state index is 12.9. The maximum atomic E-state index is 12.9. The second-order valence-corrected chi connectivity index (χ2v) is 15.5. The minimum Gasteiger partial charge on any atom is -0.462 e. The molecule has 2 fully saturated rings. The average Bonchev–Trinajstić information content (AvgIpc) is 3.21. The van der Waals surface area contributed by atoms with Gasteiger partial charge < -0.3 is 64.2 Å². The smallest absolute Gasteiger partial charge is 0.306 e. The molecule has 2 saturated heterocycles. The third kappa shape index (κ3) is 21.0. The van der Waals surface area contributed by atoms with Crippen molar-refractivity contribution in [3.8, 4) is 0 Å². The lowest BCUT2D eigenvalue weighted by atomic mass is 9.98. The lowest BCUT2D eigenvalue weighted by Crippen LogP contribution is -2.61. The average molecular weight is 833 g/mol. The lowest BCUT2D eigenvalue weighted by Gasteiger charge is -2.42. The quantitative estimate of drug-likeness (QED) is 0.0288. The van der Waals surface area contributed by atoms with E-state index in [1.54, 1.807) is 0 Å². The first-order chi connectivity index (χ1) is 28.0. The molecular formula is C43H76O15. The Morgan fingerprint density at radius 2 is 0.983 bits per heavy atom. The van der Waals surface area contributed by atoms with Gasteiger partial charge in [-0.05, 0) is 51.4 Å². The molecule has 2 aliphatic rings. The largest absolute Gasteiger partial charge is 0.462 e. The van der Waals surface area contributed by atoms with Crippen LogP contribution in [0.3, 0.4) is 0 Å². The number of carbonyl (C=O) groups is 2. The molecule has 0 saturated carbocycles. The third-order valence-corrected chi connectivity index (χ3v) is 10.4. The highest BCUT2D eigenvalue weighted by atomic mass is 16.7. The van der Waals surface area contributed by atoms with E-state index < -0.39 is 92.7 Å². The van der Waals surface area contributed by atoms with Gasteiger partial charge >= 0.3 is 11.9 Å². The highest BCUT2D eigenvalue weighted by molar-refractivity contribution is 5.70. The van der Waals surface area contributed by atoms with E-state index in [4.69, 9.17) is 28.4 Å². The van der Waals surface area contributed by atoms with E-state index in [2.05, 4.69) is 38.2 Å². The Balaban J connectivity index is 1.88. The summed E-state index contributed by atoms with van der Waals surface area (Å²) in [5.41, 5.74) is 0. The van der Waals surface area contributed by atoms with Gasteiger partial charge in [0.15, 0.2) is 18.7 Å². The van der Waals surface area contributed by atoms with Crippen LogP contribution in [0, 0.1) is 0 Å². The summed E-state index contributed by atoms with van der Waals surface area (Å²) >= 11 is 0. The van der Waals surface area contributed by atoms with Gasteiger partial charge in [0.2, 0.25) is 0 Å². The summed E-state index contributed by atoms with van der Waals surface area (Å²) in [6.45, 7) is 2.46. The van der Waals surface area contributed by atoms with Crippen molar-refractivity contribution in [2.75, 3.05) is 26.4 Å². The zero-order chi connectivity index (χ0) is 42.5. The summed E-state index contributed by atoms with van der Waals surface area (Å²) in [6.07, 6.45) is 10.9. The fourth-order valence-corrected chi connectivity index (χ4v) is 6.65. The van der Waals surface area contributed by atoms with Crippen LogP contribution in [0.5, 0.6) is 0 Å². The highest BCUT2D eigenvalue weighted by Crippen LogP contribution is 2.26. The highest BCUT2D eigenvalue weighted by Gasteiger charge is 2.47. The molecule has 58 heavy (non-hydrogen) atoms. The zero-order valence-corrected chi connectivity index (χ0v) is 35.0. The summed E-state index contributed by atoms with van der Waals surface area (Å²) in [7, 11) is 0. The standard InChI is InChI=1S/C43H76O15/c1-3-5-7-9-11-13-15-17-19-21-23-25-34(45)53-28-31(56-35(46)26-24-22-20-18-16-14-12-10-8-6-4-2)29-54-42-41(52)39(50)37(48)33(58-42)30-55-43-40(51)38(49)36(47)32(27-44)57-43/h9-12,31-33,36-44,47-52H,3-8,13-30H2,1-2H3/b11-9+,12-10+/t31-,32-,33-,36+,37+,38?,39?,40?,41?,42-,43-/m1/s1. The lowest BCUT2D eigenvalue weighted by molar-refractivity contribution is -0.332. The van der Waals surface area contributed by atoms with Crippen LogP contribution in [0.2, 0.25) is 0 Å². The van der Waals surface area contributed by atoms with Crippen molar-refractivity contribution in [3.63, 3.8) is 0 Å². The van der Waals surface area contributed by atoms with Gasteiger partial charge in [-0.1, -0.05) is 102 Å². The van der Waals surface area contributed by atoms with Crippen molar-refractivity contribution < 1.29 is 73.8 Å². The Labute approximate surface area is 345 Å². The number of rotatable bonds is 32. The minimum absolute atomic E-state index is 0.153. The van der Waals surface area contributed by atoms with Gasteiger partial charge in [-0.3, -0.25) is 9.59 Å². The molecule has 2 heterocycles. The van der Waals surface area contributed by atoms with Crippen LogP contribution >= 0.6 is 0 Å². The molecule has 0 aromatic carbocycles. The number of esters is 2. The molecule has 11 atom stereocenters. The molecule has 0 aliphatic carbocycles. The van der Waals surface area contributed by atoms with E-state index in [0.717, 1.165) is 77.0 Å². The molecule has 0 radical (unpaired) electrons. The van der Waals surface area contributed by atoms with Gasteiger partial charge in [0.05, 0.1) is 19.8 Å². The number of hydrogen-bond donors (Lipinski definition) is 7. The molecule has 2 rings (SSSR count). The topological polar surface area (TPSA) is 231 Å². The molecule has 15 nitrogen and oxygen atoms in total. The first-order valence-electron chi connectivity index (χ1n) is 21.9. The number of carbonyl (C=O) groups excluding carboxylic acids is 2. The van der Waals surface area contributed by atoms with Gasteiger partial charge in [0.25, 0.3) is 0 Å². The van der Waals surface area contributed by atoms with Crippen LogP contribution in [0.25, 0.3) is 0 Å². The summed E-state index contributed by atoms with van der Waals surface area (Å²) in [6, 6.07) is 0. The van der Waals surface area contributed by atoms with Crippen LogP contribution in [-0.4, -0.2) is 142 Å². The first kappa shape index (κ1) is 52.1. The van der Waals surface area contributed by atoms with Crippen LogP contribution < -0.4 is 0 Å². The monoisotopic (exact) mass is 833 g/mol. The van der Waals surface area contributed by atoms with Crippen LogP contribution in [0.1, 0.15) is 142 Å². The Hall–Kier alpha value is -2.02. The number of unbranched alkanes of at least 4 members (excludes halogenated alkanes) is 14. The van der Waals surface area contributed by atoms with Crippen molar-refractivity contribution in [2.24, 2.45) is 0 Å². The Kier molecular flexibility index (Phi) is 28.6. The predicted octanol–water partition coefficient (Wildman–Crippen LogP) is 4.04. The van der Waals surface area contributed by atoms with Crippen molar-refractivity contribution in [1.29, 1.82) is 0 Å². The van der Waals surface area contributed by atoms with Crippen molar-refractivity contribution in [2.45, 2.75) is 210 Å². The van der Waals surface area contributed by atoms with E-state index in [-0.39, 0.29) is 26.1 Å². The van der Waals surface area contributed by atoms with E-state index in [1.807, 2.05) is 0 Å². The molecule has 4 unspecified atom stereocenters. The summed E-state index contributed by atoms with van der Waals surface area (Å²) < 4.78 is 33.4. The number of hydrogen-bond acceptors (Lipinski definition) is 15. The normalized spacial score (nSPS) is 28.3. The molecule has 0 aromatic rings. The number of ether oxygens (including phenoxy) is 6. The van der Waals surface area contributed by atoms with Gasteiger partial charge in [-0.25, -0.2) is 0 Å². The Morgan fingerprint density at radius 3 is 1.52 bits per heavy atom. The number of aliphatic hydroxyl groups is 7. The van der Waals surface area contributed by atoms with Gasteiger partial charge in [0.1, 0.15) is 55.4 Å². The molecule has 15 heteroatoms. The molecule has 0 amide bonds. The fraction of sp³-hybridized carbons (Fsp3) is 0.860. The van der Waals surface area contributed by atoms with Crippen LogP contribution in [0.4, 0.5) is 0 Å². The van der Waals surface area contributed by atoms with Gasteiger partial charge in [-0.2, -0.15) is 0 Å². The Morgan fingerprint density at radius 1 is 0.534 bits per heavy atom. The van der Waals surface area contributed by atoms with Crippen molar-refractivity contribution in [3.05, 3.63) is 24.3 Å². The Bertz CT molecular complexity index is 1120. The molecular weight excluding hydrogens is 756 g/mol. The summed E-state index contributed by atoms with van der Waals surface area (Å²) in [4.78, 5) is 25.5. The summed E-state index contributed by atoms with van der Waals surface area (Å²) in [5.74, 6) is -0.951. The zero-order valence-electron chi connectivity index (χ0n) is 35.0. The molecule has 2 aliphatic heterocycles. The van der Waals surface area contributed by atoms with Gasteiger partial charge in [-0.15, -0.1) is 0 Å². The molecule has 0 aromatic heterocycles. The SMILES string of the molecule is CCCC/C=C/CCCCCCCC(=O)OC[C@H](CO[C@@H]1O[C@H](CO[C@@H]2O[C@H](CO)[C@H](O)C(O)C2O)[C@H](O)C(O)C1O)OC(=O)CCCCCCC/C=C/CCCC. The molecule has 0 bridgehead atoms.